The van der Waals surface area contributed by atoms with Crippen molar-refractivity contribution in [3.05, 3.63) is 35.9 Å². The lowest BCUT2D eigenvalue weighted by Crippen LogP contribution is -2.43. The summed E-state index contributed by atoms with van der Waals surface area (Å²) in [6.45, 7) is 10.4. The Labute approximate surface area is 121 Å². The third kappa shape index (κ3) is 4.23. The molecule has 2 nitrogen and oxygen atoms in total. The molecule has 0 aromatic heterocycles. The zero-order chi connectivity index (χ0) is 13.8. The highest BCUT2D eigenvalue weighted by atomic mass is 32.2. The molecule has 2 rings (SSSR count). The van der Waals surface area contributed by atoms with Crippen molar-refractivity contribution in [3.63, 3.8) is 0 Å². The fourth-order valence-electron chi connectivity index (χ4n) is 2.96. The van der Waals surface area contributed by atoms with Gasteiger partial charge in [-0.3, -0.25) is 0 Å². The van der Waals surface area contributed by atoms with Gasteiger partial charge in [0, 0.05) is 36.2 Å². The molecule has 19 heavy (non-hydrogen) atoms. The van der Waals surface area contributed by atoms with Crippen molar-refractivity contribution in [3.8, 4) is 0 Å². The lowest BCUT2D eigenvalue weighted by Gasteiger charge is -2.37. The second-order valence-corrected chi connectivity index (χ2v) is 7.77. The van der Waals surface area contributed by atoms with Crippen LogP contribution >= 0.6 is 11.8 Å². The summed E-state index contributed by atoms with van der Waals surface area (Å²) in [5.41, 5.74) is 7.65. The van der Waals surface area contributed by atoms with E-state index in [2.05, 4.69) is 61.7 Å². The topological polar surface area (TPSA) is 29.3 Å². The van der Waals surface area contributed by atoms with Gasteiger partial charge in [-0.15, -0.1) is 0 Å². The summed E-state index contributed by atoms with van der Waals surface area (Å²) >= 11 is 2.10. The first-order chi connectivity index (χ1) is 9.06. The zero-order valence-electron chi connectivity index (χ0n) is 12.3. The van der Waals surface area contributed by atoms with E-state index in [-0.39, 0.29) is 6.04 Å². The molecule has 0 amide bonds. The standard InChI is InChI=1S/C16H26N2S/c1-12(16(17)15-7-5-4-6-8-15)9-18-10-13(2)19-14(3)11-18/h4-8,12-14,16H,9-11,17H2,1-3H3. The number of rotatable bonds is 4. The van der Waals surface area contributed by atoms with E-state index in [4.69, 9.17) is 5.73 Å². The molecular weight excluding hydrogens is 252 g/mol. The quantitative estimate of drug-likeness (QED) is 0.917. The molecule has 1 aliphatic heterocycles. The highest BCUT2D eigenvalue weighted by Crippen LogP contribution is 2.27. The molecule has 3 heteroatoms. The minimum Gasteiger partial charge on any atom is -0.324 e. The molecule has 4 unspecified atom stereocenters. The van der Waals surface area contributed by atoms with Crippen LogP contribution in [0.25, 0.3) is 0 Å². The van der Waals surface area contributed by atoms with Crippen LogP contribution in [0, 0.1) is 5.92 Å². The minimum absolute atomic E-state index is 0.140. The van der Waals surface area contributed by atoms with Gasteiger partial charge in [-0.1, -0.05) is 51.1 Å². The van der Waals surface area contributed by atoms with E-state index in [0.29, 0.717) is 5.92 Å². The summed E-state index contributed by atoms with van der Waals surface area (Å²) in [4.78, 5) is 2.58. The second kappa shape index (κ2) is 6.78. The third-order valence-corrected chi connectivity index (χ3v) is 5.07. The van der Waals surface area contributed by atoms with Gasteiger partial charge in [-0.05, 0) is 11.5 Å². The number of thioether (sulfide) groups is 1. The summed E-state index contributed by atoms with van der Waals surface area (Å²) < 4.78 is 0. The van der Waals surface area contributed by atoms with Crippen LogP contribution in [0.5, 0.6) is 0 Å². The molecule has 1 aromatic carbocycles. The normalized spacial score (nSPS) is 28.0. The van der Waals surface area contributed by atoms with Crippen LogP contribution in [-0.4, -0.2) is 35.0 Å². The minimum atomic E-state index is 0.140. The maximum atomic E-state index is 6.39. The summed E-state index contributed by atoms with van der Waals surface area (Å²) in [6.07, 6.45) is 0. The fraction of sp³-hybridized carbons (Fsp3) is 0.625. The third-order valence-electron chi connectivity index (χ3n) is 3.84. The number of nitrogens with zero attached hydrogens (tertiary/aromatic N) is 1. The molecular formula is C16H26N2S. The van der Waals surface area contributed by atoms with Gasteiger partial charge in [-0.25, -0.2) is 0 Å². The van der Waals surface area contributed by atoms with Crippen molar-refractivity contribution in [1.82, 2.24) is 4.90 Å². The zero-order valence-corrected chi connectivity index (χ0v) is 13.1. The molecule has 0 saturated carbocycles. The average molecular weight is 278 g/mol. The molecule has 0 bridgehead atoms. The molecule has 0 spiro atoms. The maximum Gasteiger partial charge on any atom is 0.0333 e. The van der Waals surface area contributed by atoms with Gasteiger partial charge in [0.25, 0.3) is 0 Å². The lowest BCUT2D eigenvalue weighted by molar-refractivity contribution is 0.220. The van der Waals surface area contributed by atoms with Crippen molar-refractivity contribution in [1.29, 1.82) is 0 Å². The Morgan fingerprint density at radius 3 is 2.37 bits per heavy atom. The maximum absolute atomic E-state index is 6.39. The van der Waals surface area contributed by atoms with Crippen LogP contribution < -0.4 is 5.73 Å². The SMILES string of the molecule is CC1CN(CC(C)C(N)c2ccccc2)CC(C)S1. The summed E-state index contributed by atoms with van der Waals surface area (Å²) in [7, 11) is 0. The van der Waals surface area contributed by atoms with Gasteiger partial charge in [0.15, 0.2) is 0 Å². The molecule has 1 aliphatic rings. The van der Waals surface area contributed by atoms with Crippen LogP contribution in [0.4, 0.5) is 0 Å². The van der Waals surface area contributed by atoms with Gasteiger partial charge in [-0.2, -0.15) is 11.8 Å². The van der Waals surface area contributed by atoms with Crippen LogP contribution in [0.3, 0.4) is 0 Å². The predicted molar refractivity (Wildman–Crippen MR) is 85.5 cm³/mol. The Kier molecular flexibility index (Phi) is 5.31. The lowest BCUT2D eigenvalue weighted by atomic mass is 9.95. The number of hydrogen-bond donors (Lipinski definition) is 1. The largest absolute Gasteiger partial charge is 0.324 e. The first-order valence-electron chi connectivity index (χ1n) is 7.24. The molecule has 4 atom stereocenters. The molecule has 1 saturated heterocycles. The Balaban J connectivity index is 1.91. The summed E-state index contributed by atoms with van der Waals surface area (Å²) in [5, 5.41) is 1.48. The van der Waals surface area contributed by atoms with Gasteiger partial charge < -0.3 is 10.6 Å². The van der Waals surface area contributed by atoms with Crippen LogP contribution in [0.2, 0.25) is 0 Å². The van der Waals surface area contributed by atoms with Crippen molar-refractivity contribution >= 4 is 11.8 Å². The first-order valence-corrected chi connectivity index (χ1v) is 8.19. The van der Waals surface area contributed by atoms with E-state index in [1.165, 1.54) is 18.7 Å². The first kappa shape index (κ1) is 14.9. The summed E-state index contributed by atoms with van der Waals surface area (Å²) in [6, 6.07) is 10.6. The van der Waals surface area contributed by atoms with Gasteiger partial charge in [0.05, 0.1) is 0 Å². The van der Waals surface area contributed by atoms with E-state index < -0.39 is 0 Å². The van der Waals surface area contributed by atoms with E-state index in [9.17, 15) is 0 Å². The van der Waals surface area contributed by atoms with Crippen molar-refractivity contribution in [2.24, 2.45) is 11.7 Å². The van der Waals surface area contributed by atoms with Crippen LogP contribution in [-0.2, 0) is 0 Å². The summed E-state index contributed by atoms with van der Waals surface area (Å²) in [5.74, 6) is 0.491. The van der Waals surface area contributed by atoms with Crippen molar-refractivity contribution in [2.45, 2.75) is 37.3 Å². The van der Waals surface area contributed by atoms with Gasteiger partial charge >= 0.3 is 0 Å². The number of benzene rings is 1. The predicted octanol–water partition coefficient (Wildman–Crippen LogP) is 3.15. The van der Waals surface area contributed by atoms with E-state index in [0.717, 1.165) is 17.0 Å². The van der Waals surface area contributed by atoms with Crippen LogP contribution in [0.1, 0.15) is 32.4 Å². The van der Waals surface area contributed by atoms with Crippen molar-refractivity contribution < 1.29 is 0 Å². The number of hydrogen-bond acceptors (Lipinski definition) is 3. The highest BCUT2D eigenvalue weighted by Gasteiger charge is 2.25. The second-order valence-electron chi connectivity index (χ2n) is 5.89. The van der Waals surface area contributed by atoms with Gasteiger partial charge in [0.2, 0.25) is 0 Å². The Bertz CT molecular complexity index is 372. The average Bonchev–Trinajstić information content (AvgIpc) is 2.37. The molecule has 1 heterocycles. The van der Waals surface area contributed by atoms with Crippen molar-refractivity contribution in [2.75, 3.05) is 19.6 Å². The number of nitrogens with two attached hydrogens (primary N) is 1. The van der Waals surface area contributed by atoms with E-state index in [1.807, 2.05) is 6.07 Å². The molecule has 1 aromatic rings. The highest BCUT2D eigenvalue weighted by molar-refractivity contribution is 8.00. The van der Waals surface area contributed by atoms with E-state index >= 15 is 0 Å². The Hall–Kier alpha value is -0.510. The molecule has 106 valence electrons. The fourth-order valence-corrected chi connectivity index (χ4v) is 4.35. The van der Waals surface area contributed by atoms with Crippen LogP contribution in [0.15, 0.2) is 30.3 Å². The smallest absolute Gasteiger partial charge is 0.0333 e. The molecule has 1 fully saturated rings. The molecule has 2 N–H and O–H groups in total. The Morgan fingerprint density at radius 1 is 1.21 bits per heavy atom. The van der Waals surface area contributed by atoms with Gasteiger partial charge in [0.1, 0.15) is 0 Å². The molecule has 0 radical (unpaired) electrons. The van der Waals surface area contributed by atoms with E-state index in [1.54, 1.807) is 0 Å². The molecule has 0 aliphatic carbocycles. The Morgan fingerprint density at radius 2 is 1.79 bits per heavy atom. The monoisotopic (exact) mass is 278 g/mol.